The van der Waals surface area contributed by atoms with Gasteiger partial charge in [0.05, 0.1) is 5.69 Å². The Kier molecular flexibility index (Phi) is 5.15. The minimum atomic E-state index is -4.01. The number of nitrogens with zero attached hydrogens (tertiary/aromatic N) is 1. The van der Waals surface area contributed by atoms with Crippen molar-refractivity contribution in [3.05, 3.63) is 59.7 Å². The summed E-state index contributed by atoms with van der Waals surface area (Å²) in [6, 6.07) is 13.0. The van der Waals surface area contributed by atoms with Crippen LogP contribution < -0.4 is 9.03 Å². The molecule has 0 spiro atoms. The lowest BCUT2D eigenvalue weighted by molar-refractivity contribution is -0.117. The van der Waals surface area contributed by atoms with Crippen molar-refractivity contribution in [2.24, 2.45) is 0 Å². The number of hydrogen-bond acceptors (Lipinski definition) is 6. The van der Waals surface area contributed by atoms with Gasteiger partial charge in [0.25, 0.3) is 5.91 Å². The van der Waals surface area contributed by atoms with E-state index in [0.29, 0.717) is 11.1 Å². The molecule has 0 bridgehead atoms. The van der Waals surface area contributed by atoms with E-state index in [1.54, 1.807) is 36.4 Å². The maximum Gasteiger partial charge on any atom is 0.326 e. The third kappa shape index (κ3) is 3.93. The van der Waals surface area contributed by atoms with Gasteiger partial charge in [-0.15, -0.1) is 0 Å². The van der Waals surface area contributed by atoms with Crippen molar-refractivity contribution < 1.29 is 27.9 Å². The van der Waals surface area contributed by atoms with E-state index in [1.807, 2.05) is 4.72 Å². The number of rotatable bonds is 6. The van der Waals surface area contributed by atoms with Crippen LogP contribution in [-0.4, -0.2) is 45.0 Å². The molecule has 1 amide bonds. The molecule has 0 aliphatic carbocycles. The molecule has 1 heterocycles. The maximum absolute atomic E-state index is 12.5. The minimum absolute atomic E-state index is 0.0135. The summed E-state index contributed by atoms with van der Waals surface area (Å²) in [5, 5.41) is 10.2. The number of amides is 1. The molecule has 27 heavy (non-hydrogen) atoms. The minimum Gasteiger partial charge on any atom is -0.506 e. The third-order valence-electron chi connectivity index (χ3n) is 4.19. The van der Waals surface area contributed by atoms with E-state index in [9.17, 15) is 23.1 Å². The first-order chi connectivity index (χ1) is 12.8. The van der Waals surface area contributed by atoms with Crippen LogP contribution in [0.15, 0.2) is 48.5 Å². The van der Waals surface area contributed by atoms with Gasteiger partial charge >= 0.3 is 10.2 Å². The Bertz CT molecular complexity index is 975. The molecule has 1 aliphatic rings. The highest BCUT2D eigenvalue weighted by atomic mass is 32.2. The molecule has 0 radical (unpaired) electrons. The summed E-state index contributed by atoms with van der Waals surface area (Å²) in [7, 11) is -2.58. The monoisotopic (exact) mass is 390 g/mol. The number of Topliss-reactive ketones (excluding diaryl/α,β-unsaturated/α-hetero) is 1. The number of ether oxygens (including phenoxy) is 1. The summed E-state index contributed by atoms with van der Waals surface area (Å²) in [6.45, 7) is -0.400. The average molecular weight is 390 g/mol. The predicted octanol–water partition coefficient (Wildman–Crippen LogP) is 1.01. The molecule has 1 saturated heterocycles. The van der Waals surface area contributed by atoms with E-state index in [1.165, 1.54) is 19.2 Å². The number of carbonyl (C=O) groups is 2. The molecule has 1 fully saturated rings. The van der Waals surface area contributed by atoms with Gasteiger partial charge in [0.2, 0.25) is 0 Å². The Balaban J connectivity index is 1.81. The molecule has 2 N–H and O–H groups in total. The lowest BCUT2D eigenvalue weighted by Crippen LogP contribution is -2.29. The molecular weight excluding hydrogens is 372 g/mol. The molecule has 2 aromatic rings. The number of ketones is 1. The number of aromatic hydroxyl groups is 1. The highest BCUT2D eigenvalue weighted by Gasteiger charge is 2.35. The maximum atomic E-state index is 12.5. The van der Waals surface area contributed by atoms with Crippen LogP contribution >= 0.6 is 0 Å². The molecule has 0 saturated carbocycles. The quantitative estimate of drug-likeness (QED) is 0.712. The lowest BCUT2D eigenvalue weighted by Gasteiger charge is -2.18. The fraction of sp³-hybridized carbons (Fsp3) is 0.222. The Morgan fingerprint density at radius 3 is 2.52 bits per heavy atom. The SMILES string of the molecule is COC(Cc1ccc(N2CC(=O)NS2(=O)=O)c(O)c1)C(=O)c1ccccc1. The Labute approximate surface area is 156 Å². The van der Waals surface area contributed by atoms with Crippen LogP contribution in [0.1, 0.15) is 15.9 Å². The van der Waals surface area contributed by atoms with Crippen molar-refractivity contribution in [2.45, 2.75) is 12.5 Å². The lowest BCUT2D eigenvalue weighted by atomic mass is 9.99. The standard InChI is InChI=1S/C18H18N2O6S/c1-26-16(18(23)13-5-3-2-4-6-13)10-12-7-8-14(15(21)9-12)20-11-17(22)19-27(20,24)25/h2-9,16,21H,10-11H2,1H3,(H,19,22). The first-order valence-electron chi connectivity index (χ1n) is 8.09. The van der Waals surface area contributed by atoms with Crippen LogP contribution in [0.4, 0.5) is 5.69 Å². The fourth-order valence-corrected chi connectivity index (χ4v) is 4.02. The number of phenols is 1. The zero-order valence-corrected chi connectivity index (χ0v) is 15.3. The summed E-state index contributed by atoms with van der Waals surface area (Å²) in [5.41, 5.74) is 1.08. The molecule has 1 aliphatic heterocycles. The number of nitrogens with one attached hydrogen (secondary N) is 1. The molecule has 9 heteroatoms. The largest absolute Gasteiger partial charge is 0.506 e. The van der Waals surface area contributed by atoms with Crippen LogP contribution in [0.5, 0.6) is 5.75 Å². The van der Waals surface area contributed by atoms with Crippen LogP contribution in [-0.2, 0) is 26.2 Å². The van der Waals surface area contributed by atoms with Gasteiger partial charge in [0.15, 0.2) is 5.78 Å². The fourth-order valence-electron chi connectivity index (χ4n) is 2.85. The molecule has 2 aromatic carbocycles. The Hall–Kier alpha value is -2.91. The number of hydrogen-bond donors (Lipinski definition) is 2. The van der Waals surface area contributed by atoms with Crippen molar-refractivity contribution in [1.29, 1.82) is 0 Å². The smallest absolute Gasteiger partial charge is 0.326 e. The zero-order chi connectivity index (χ0) is 19.6. The Morgan fingerprint density at radius 1 is 1.26 bits per heavy atom. The molecule has 1 unspecified atom stereocenters. The molecule has 8 nitrogen and oxygen atoms in total. The number of benzene rings is 2. The van der Waals surface area contributed by atoms with Gasteiger partial charge in [-0.3, -0.25) is 9.59 Å². The van der Waals surface area contributed by atoms with E-state index in [-0.39, 0.29) is 23.6 Å². The second-order valence-electron chi connectivity index (χ2n) is 6.02. The van der Waals surface area contributed by atoms with Gasteiger partial charge in [-0.25, -0.2) is 9.03 Å². The Morgan fingerprint density at radius 2 is 1.96 bits per heavy atom. The van der Waals surface area contributed by atoms with E-state index in [2.05, 4.69) is 0 Å². The summed E-state index contributed by atoms with van der Waals surface area (Å²) in [4.78, 5) is 23.9. The van der Waals surface area contributed by atoms with Gasteiger partial charge in [0.1, 0.15) is 18.4 Å². The van der Waals surface area contributed by atoms with Crippen molar-refractivity contribution in [3.8, 4) is 5.75 Å². The second-order valence-corrected chi connectivity index (χ2v) is 7.61. The van der Waals surface area contributed by atoms with E-state index in [0.717, 1.165) is 4.31 Å². The second kappa shape index (κ2) is 7.37. The number of anilines is 1. The number of carbonyl (C=O) groups excluding carboxylic acids is 2. The first kappa shape index (κ1) is 18.9. The van der Waals surface area contributed by atoms with Crippen LogP contribution in [0, 0.1) is 0 Å². The van der Waals surface area contributed by atoms with Gasteiger partial charge in [0, 0.05) is 19.1 Å². The molecule has 0 aromatic heterocycles. The van der Waals surface area contributed by atoms with Gasteiger partial charge in [-0.1, -0.05) is 36.4 Å². The molecule has 3 rings (SSSR count). The van der Waals surface area contributed by atoms with Crippen molar-refractivity contribution in [1.82, 2.24) is 4.72 Å². The van der Waals surface area contributed by atoms with Gasteiger partial charge in [-0.05, 0) is 17.7 Å². The topological polar surface area (TPSA) is 113 Å². The van der Waals surface area contributed by atoms with Crippen molar-refractivity contribution in [3.63, 3.8) is 0 Å². The highest BCUT2D eigenvalue weighted by molar-refractivity contribution is 7.92. The first-order valence-corrected chi connectivity index (χ1v) is 9.53. The van der Waals surface area contributed by atoms with Gasteiger partial charge < -0.3 is 9.84 Å². The third-order valence-corrected chi connectivity index (χ3v) is 5.58. The van der Waals surface area contributed by atoms with Crippen LogP contribution in [0.3, 0.4) is 0 Å². The zero-order valence-electron chi connectivity index (χ0n) is 14.5. The normalized spacial score (nSPS) is 16.8. The van der Waals surface area contributed by atoms with Crippen LogP contribution in [0.2, 0.25) is 0 Å². The summed E-state index contributed by atoms with van der Waals surface area (Å²) in [5.74, 6) is -1.18. The summed E-state index contributed by atoms with van der Waals surface area (Å²) >= 11 is 0. The van der Waals surface area contributed by atoms with E-state index >= 15 is 0 Å². The summed E-state index contributed by atoms with van der Waals surface area (Å²) < 4.78 is 31.7. The van der Waals surface area contributed by atoms with Gasteiger partial charge in [-0.2, -0.15) is 8.42 Å². The molecule has 142 valence electrons. The highest BCUT2D eigenvalue weighted by Crippen LogP contribution is 2.31. The predicted molar refractivity (Wildman–Crippen MR) is 97.8 cm³/mol. The average Bonchev–Trinajstić information content (AvgIpc) is 2.92. The molecule has 1 atom stereocenters. The number of methoxy groups -OCH3 is 1. The molecular formula is C18H18N2O6S. The van der Waals surface area contributed by atoms with E-state index < -0.39 is 28.8 Å². The summed E-state index contributed by atoms with van der Waals surface area (Å²) in [6.07, 6.45) is -0.557. The van der Waals surface area contributed by atoms with Crippen molar-refractivity contribution in [2.75, 3.05) is 18.0 Å². The van der Waals surface area contributed by atoms with Crippen molar-refractivity contribution >= 4 is 27.6 Å². The van der Waals surface area contributed by atoms with Crippen LogP contribution in [0.25, 0.3) is 0 Å². The van der Waals surface area contributed by atoms with E-state index in [4.69, 9.17) is 4.74 Å². The number of phenolic OH excluding ortho intramolecular Hbond substituents is 1.